The van der Waals surface area contributed by atoms with Crippen LogP contribution in [0.15, 0.2) is 21.8 Å². The van der Waals surface area contributed by atoms with E-state index in [0.717, 1.165) is 32.5 Å². The van der Waals surface area contributed by atoms with Crippen LogP contribution < -0.4 is 10.6 Å². The van der Waals surface area contributed by atoms with Gasteiger partial charge in [-0.25, -0.2) is 0 Å². The first-order valence-corrected chi connectivity index (χ1v) is 9.25. The number of nitrogens with zero attached hydrogens (tertiary/aromatic N) is 2. The number of likely N-dealkylation sites (tertiary alicyclic amines) is 1. The number of hydrogen-bond donors (Lipinski definition) is 2. The van der Waals surface area contributed by atoms with Crippen LogP contribution in [0.25, 0.3) is 0 Å². The quantitative estimate of drug-likeness (QED) is 0.603. The Hall–Kier alpha value is -1.28. The van der Waals surface area contributed by atoms with Gasteiger partial charge in [-0.05, 0) is 42.2 Å². The van der Waals surface area contributed by atoms with E-state index in [0.29, 0.717) is 12.5 Å². The van der Waals surface area contributed by atoms with Gasteiger partial charge in [0.15, 0.2) is 5.96 Å². The Kier molecular flexibility index (Phi) is 7.36. The van der Waals surface area contributed by atoms with Crippen molar-refractivity contribution in [1.29, 1.82) is 0 Å². The molecule has 0 aromatic carbocycles. The molecule has 0 saturated carbocycles. The van der Waals surface area contributed by atoms with E-state index in [1.54, 1.807) is 11.3 Å². The fourth-order valence-corrected chi connectivity index (χ4v) is 3.34. The van der Waals surface area contributed by atoms with Crippen molar-refractivity contribution < 1.29 is 13.2 Å². The number of hydrogen-bond acceptors (Lipinski definition) is 3. The van der Waals surface area contributed by atoms with Crippen molar-refractivity contribution >= 4 is 17.3 Å². The van der Waals surface area contributed by atoms with Gasteiger partial charge in [0.1, 0.15) is 0 Å². The summed E-state index contributed by atoms with van der Waals surface area (Å²) in [5.41, 5.74) is 1.34. The average Bonchev–Trinajstić information content (AvgIpc) is 3.01. The van der Waals surface area contributed by atoms with Gasteiger partial charge in [-0.3, -0.25) is 9.89 Å². The first-order valence-electron chi connectivity index (χ1n) is 8.31. The molecule has 1 fully saturated rings. The highest BCUT2D eigenvalue weighted by atomic mass is 32.1. The van der Waals surface area contributed by atoms with Gasteiger partial charge in [-0.15, -0.1) is 0 Å². The third kappa shape index (κ3) is 7.09. The molecule has 4 nitrogen and oxygen atoms in total. The number of piperidine rings is 1. The number of rotatable bonds is 6. The lowest BCUT2D eigenvalue weighted by molar-refractivity contribution is -0.132. The minimum absolute atomic E-state index is 0.240. The van der Waals surface area contributed by atoms with Crippen LogP contribution >= 0.6 is 11.3 Å². The number of halogens is 3. The minimum Gasteiger partial charge on any atom is -0.357 e. The molecule has 0 unspecified atom stereocenters. The molecule has 0 aliphatic carbocycles. The summed E-state index contributed by atoms with van der Waals surface area (Å²) in [5.74, 6) is 0.484. The van der Waals surface area contributed by atoms with Crippen molar-refractivity contribution in [2.75, 3.05) is 26.2 Å². The molecule has 0 radical (unpaired) electrons. The summed E-state index contributed by atoms with van der Waals surface area (Å²) >= 11 is 1.71. The lowest BCUT2D eigenvalue weighted by Gasteiger charge is -2.33. The van der Waals surface area contributed by atoms with Crippen molar-refractivity contribution in [2.24, 2.45) is 4.99 Å². The Labute approximate surface area is 145 Å². The van der Waals surface area contributed by atoms with Crippen LogP contribution in [0.5, 0.6) is 0 Å². The lowest BCUT2D eigenvalue weighted by Crippen LogP contribution is -2.48. The molecule has 0 spiro atoms. The second kappa shape index (κ2) is 9.27. The number of nitrogens with one attached hydrogen (secondary N) is 2. The number of alkyl halides is 3. The van der Waals surface area contributed by atoms with E-state index in [1.165, 1.54) is 5.56 Å². The van der Waals surface area contributed by atoms with Crippen LogP contribution in [0.3, 0.4) is 0 Å². The van der Waals surface area contributed by atoms with E-state index in [4.69, 9.17) is 0 Å². The molecule has 1 aliphatic heterocycles. The maximum Gasteiger partial charge on any atom is 0.390 e. The molecule has 136 valence electrons. The van der Waals surface area contributed by atoms with Gasteiger partial charge in [0.2, 0.25) is 0 Å². The minimum atomic E-state index is -4.16. The average molecular weight is 362 g/mol. The third-order valence-corrected chi connectivity index (χ3v) is 4.66. The summed E-state index contributed by atoms with van der Waals surface area (Å²) in [6, 6.07) is 2.40. The number of thiophene rings is 1. The van der Waals surface area contributed by atoms with Crippen LogP contribution in [0.2, 0.25) is 0 Å². The van der Waals surface area contributed by atoms with Gasteiger partial charge in [-0.1, -0.05) is 0 Å². The van der Waals surface area contributed by atoms with E-state index in [-0.39, 0.29) is 12.6 Å². The van der Waals surface area contributed by atoms with Crippen molar-refractivity contribution in [3.63, 3.8) is 0 Å². The Morgan fingerprint density at radius 1 is 1.38 bits per heavy atom. The number of guanidine groups is 1. The summed E-state index contributed by atoms with van der Waals surface area (Å²) < 4.78 is 36.7. The smallest absolute Gasteiger partial charge is 0.357 e. The van der Waals surface area contributed by atoms with Gasteiger partial charge < -0.3 is 10.6 Å². The second-order valence-electron chi connectivity index (χ2n) is 5.95. The van der Waals surface area contributed by atoms with Gasteiger partial charge in [0.05, 0.1) is 13.0 Å². The van der Waals surface area contributed by atoms with Gasteiger partial charge in [-0.2, -0.15) is 24.5 Å². The van der Waals surface area contributed by atoms with E-state index < -0.39 is 12.6 Å². The van der Waals surface area contributed by atoms with Crippen LogP contribution in [0.1, 0.15) is 31.7 Å². The van der Waals surface area contributed by atoms with Gasteiger partial charge in [0, 0.05) is 32.2 Å². The topological polar surface area (TPSA) is 39.7 Å². The van der Waals surface area contributed by atoms with E-state index in [9.17, 15) is 13.2 Å². The zero-order valence-corrected chi connectivity index (χ0v) is 14.7. The van der Waals surface area contributed by atoms with E-state index in [1.807, 2.05) is 6.92 Å². The summed E-state index contributed by atoms with van der Waals surface area (Å²) in [6.07, 6.45) is -3.11. The summed E-state index contributed by atoms with van der Waals surface area (Å²) in [4.78, 5) is 6.45. The highest BCUT2D eigenvalue weighted by Crippen LogP contribution is 2.19. The van der Waals surface area contributed by atoms with Crippen LogP contribution in [-0.4, -0.2) is 49.3 Å². The summed E-state index contributed by atoms with van der Waals surface area (Å²) in [6.45, 7) is 5.23. The van der Waals surface area contributed by atoms with Crippen LogP contribution in [0, 0.1) is 0 Å². The van der Waals surface area contributed by atoms with Crippen LogP contribution in [-0.2, 0) is 6.54 Å². The molecule has 0 bridgehead atoms. The fraction of sp³-hybridized carbons (Fsp3) is 0.688. The molecule has 24 heavy (non-hydrogen) atoms. The van der Waals surface area contributed by atoms with E-state index in [2.05, 4.69) is 37.4 Å². The molecule has 1 aromatic heterocycles. The number of aliphatic imine (C=N–C) groups is 1. The maximum atomic E-state index is 12.2. The largest absolute Gasteiger partial charge is 0.390 e. The normalized spacial score (nSPS) is 17.9. The van der Waals surface area contributed by atoms with Crippen molar-refractivity contribution in [3.8, 4) is 0 Å². The molecule has 2 N–H and O–H groups in total. The van der Waals surface area contributed by atoms with E-state index >= 15 is 0 Å². The first kappa shape index (κ1) is 19.1. The predicted octanol–water partition coefficient (Wildman–Crippen LogP) is 3.22. The van der Waals surface area contributed by atoms with Crippen molar-refractivity contribution in [2.45, 2.75) is 44.9 Å². The van der Waals surface area contributed by atoms with Gasteiger partial charge in [0.25, 0.3) is 0 Å². The molecule has 0 atom stereocenters. The van der Waals surface area contributed by atoms with Crippen molar-refractivity contribution in [3.05, 3.63) is 22.4 Å². The zero-order valence-electron chi connectivity index (χ0n) is 13.9. The van der Waals surface area contributed by atoms with Crippen molar-refractivity contribution in [1.82, 2.24) is 15.5 Å². The Morgan fingerprint density at radius 3 is 2.71 bits per heavy atom. The molecule has 2 rings (SSSR count). The molecular weight excluding hydrogens is 337 g/mol. The monoisotopic (exact) mass is 362 g/mol. The predicted molar refractivity (Wildman–Crippen MR) is 92.4 cm³/mol. The molecule has 1 aliphatic rings. The standard InChI is InChI=1S/C16H25F3N4S/c1-2-20-15(21-7-6-16(17,18)19)22-14-3-8-23(9-4-14)11-13-5-10-24-12-13/h5,10,12,14H,2-4,6-9,11H2,1H3,(H2,20,21,22). The second-order valence-corrected chi connectivity index (χ2v) is 6.73. The lowest BCUT2D eigenvalue weighted by atomic mass is 10.0. The molecule has 2 heterocycles. The Morgan fingerprint density at radius 2 is 2.12 bits per heavy atom. The maximum absolute atomic E-state index is 12.2. The summed E-state index contributed by atoms with van der Waals surface area (Å²) in [7, 11) is 0. The molecule has 1 aromatic rings. The van der Waals surface area contributed by atoms with Crippen LogP contribution in [0.4, 0.5) is 13.2 Å². The Balaban J connectivity index is 1.75. The molecular formula is C16H25F3N4S. The Bertz CT molecular complexity index is 494. The molecule has 8 heteroatoms. The third-order valence-electron chi connectivity index (χ3n) is 3.92. The summed E-state index contributed by atoms with van der Waals surface area (Å²) in [5, 5.41) is 10.5. The fourth-order valence-electron chi connectivity index (χ4n) is 2.68. The highest BCUT2D eigenvalue weighted by molar-refractivity contribution is 7.07. The highest BCUT2D eigenvalue weighted by Gasteiger charge is 2.26. The molecule has 1 saturated heterocycles. The first-order chi connectivity index (χ1) is 11.5. The van der Waals surface area contributed by atoms with Gasteiger partial charge >= 0.3 is 6.18 Å². The molecule has 0 amide bonds. The SMILES string of the molecule is CCNC(=NCCC(F)(F)F)NC1CCN(Cc2ccsc2)CC1. The zero-order chi connectivity index (χ0) is 17.4.